The van der Waals surface area contributed by atoms with Crippen LogP contribution in [0.5, 0.6) is 0 Å². The van der Waals surface area contributed by atoms with Crippen molar-refractivity contribution in [2.45, 2.75) is 24.6 Å². The first-order valence-corrected chi connectivity index (χ1v) is 10.7. The lowest BCUT2D eigenvalue weighted by Gasteiger charge is -2.18. The van der Waals surface area contributed by atoms with E-state index in [-0.39, 0.29) is 24.5 Å². The van der Waals surface area contributed by atoms with E-state index in [2.05, 4.69) is 5.32 Å². The summed E-state index contributed by atoms with van der Waals surface area (Å²) in [5.41, 5.74) is 3.32. The summed E-state index contributed by atoms with van der Waals surface area (Å²) in [5.74, 6) is -1.56. The Kier molecular flexibility index (Phi) is 6.52. The van der Waals surface area contributed by atoms with E-state index >= 15 is 0 Å². The quantitative estimate of drug-likeness (QED) is 0.452. The number of nitrogens with one attached hydrogen (secondary N) is 1. The monoisotopic (exact) mass is 489 g/mol. The molecule has 176 valence electrons. The van der Waals surface area contributed by atoms with Crippen molar-refractivity contribution in [1.82, 2.24) is 5.32 Å². The van der Waals surface area contributed by atoms with Crippen LogP contribution in [0.15, 0.2) is 66.7 Å². The number of halogens is 4. The zero-order valence-corrected chi connectivity index (χ0v) is 18.4. The highest BCUT2D eigenvalue weighted by molar-refractivity contribution is 6.31. The van der Waals surface area contributed by atoms with E-state index in [0.29, 0.717) is 0 Å². The number of carboxylic acids is 1. The van der Waals surface area contributed by atoms with E-state index in [1.54, 1.807) is 0 Å². The summed E-state index contributed by atoms with van der Waals surface area (Å²) in [6.45, 7) is -0.00168. The Morgan fingerprint density at radius 2 is 1.59 bits per heavy atom. The summed E-state index contributed by atoms with van der Waals surface area (Å²) in [6, 6.07) is 17.1. The number of alkyl carbamates (subject to hydrolysis) is 1. The molecule has 2 N–H and O–H groups in total. The molecule has 1 atom stereocenters. The number of alkyl halides is 3. The number of amides is 1. The molecule has 0 saturated heterocycles. The van der Waals surface area contributed by atoms with Gasteiger partial charge in [-0.25, -0.2) is 9.59 Å². The van der Waals surface area contributed by atoms with Crippen molar-refractivity contribution < 1.29 is 32.6 Å². The van der Waals surface area contributed by atoms with Crippen LogP contribution in [0.4, 0.5) is 18.0 Å². The fourth-order valence-corrected chi connectivity index (χ4v) is 4.44. The molecule has 1 aliphatic carbocycles. The number of carbonyl (C=O) groups is 2. The molecule has 34 heavy (non-hydrogen) atoms. The van der Waals surface area contributed by atoms with Gasteiger partial charge in [0.2, 0.25) is 0 Å². The zero-order valence-electron chi connectivity index (χ0n) is 17.6. The molecule has 0 aromatic heterocycles. The topological polar surface area (TPSA) is 75.6 Å². The molecule has 0 bridgehead atoms. The Labute approximate surface area is 198 Å². The van der Waals surface area contributed by atoms with Crippen molar-refractivity contribution in [2.75, 3.05) is 6.61 Å². The lowest BCUT2D eigenvalue weighted by molar-refractivity contribution is -0.139. The third kappa shape index (κ3) is 4.87. The summed E-state index contributed by atoms with van der Waals surface area (Å²) in [5, 5.41) is 11.2. The normalized spacial score (nSPS) is 13.6. The Bertz CT molecular complexity index is 1200. The number of rotatable bonds is 6. The lowest BCUT2D eigenvalue weighted by atomic mass is 9.98. The predicted molar refractivity (Wildman–Crippen MR) is 120 cm³/mol. The van der Waals surface area contributed by atoms with Crippen LogP contribution in [0.25, 0.3) is 11.1 Å². The fourth-order valence-electron chi connectivity index (χ4n) is 4.13. The first-order chi connectivity index (χ1) is 16.1. The van der Waals surface area contributed by atoms with Crippen LogP contribution in [0.1, 0.15) is 28.2 Å². The number of hydrogen-bond donors (Lipinski definition) is 2. The van der Waals surface area contributed by atoms with Crippen LogP contribution in [0, 0.1) is 0 Å². The number of fused-ring (bicyclic) bond motifs is 3. The first-order valence-electron chi connectivity index (χ1n) is 10.3. The summed E-state index contributed by atoms with van der Waals surface area (Å²) < 4.78 is 44.0. The zero-order chi connectivity index (χ0) is 24.5. The van der Waals surface area contributed by atoms with Crippen molar-refractivity contribution >= 4 is 23.7 Å². The number of benzene rings is 3. The summed E-state index contributed by atoms with van der Waals surface area (Å²) >= 11 is 5.71. The molecular formula is C25H19ClF3NO4. The second-order valence-electron chi connectivity index (χ2n) is 7.88. The maximum absolute atomic E-state index is 12.9. The lowest BCUT2D eigenvalue weighted by Crippen LogP contribution is -2.42. The predicted octanol–water partition coefficient (Wildman–Crippen LogP) is 5.89. The SMILES string of the molecule is O=C(N[C@@H](Cc1ccc(C(F)(F)F)c(Cl)c1)C(=O)O)OCC1c2ccccc2-c2ccccc21. The fraction of sp³-hybridized carbons (Fsp3) is 0.200. The third-order valence-corrected chi connectivity index (χ3v) is 6.03. The van der Waals surface area contributed by atoms with Crippen LogP contribution >= 0.6 is 11.6 Å². The van der Waals surface area contributed by atoms with Gasteiger partial charge in [-0.3, -0.25) is 0 Å². The number of hydrogen-bond acceptors (Lipinski definition) is 3. The smallest absolute Gasteiger partial charge is 0.417 e. The van der Waals surface area contributed by atoms with Crippen molar-refractivity contribution in [1.29, 1.82) is 0 Å². The molecule has 4 rings (SSSR count). The molecule has 0 radical (unpaired) electrons. The summed E-state index contributed by atoms with van der Waals surface area (Å²) in [6.07, 6.45) is -5.83. The van der Waals surface area contributed by atoms with Crippen LogP contribution in [-0.4, -0.2) is 29.8 Å². The number of carbonyl (C=O) groups excluding carboxylic acids is 1. The molecular weight excluding hydrogens is 471 g/mol. The average Bonchev–Trinajstić information content (AvgIpc) is 3.10. The summed E-state index contributed by atoms with van der Waals surface area (Å²) in [4.78, 5) is 24.1. The van der Waals surface area contributed by atoms with E-state index in [1.165, 1.54) is 0 Å². The molecule has 9 heteroatoms. The van der Waals surface area contributed by atoms with Gasteiger partial charge in [-0.15, -0.1) is 0 Å². The largest absolute Gasteiger partial charge is 0.480 e. The van der Waals surface area contributed by atoms with E-state index < -0.39 is 34.9 Å². The highest BCUT2D eigenvalue weighted by atomic mass is 35.5. The van der Waals surface area contributed by atoms with Crippen LogP contribution in [0.3, 0.4) is 0 Å². The molecule has 0 heterocycles. The van der Waals surface area contributed by atoms with Crippen molar-refractivity contribution in [2.24, 2.45) is 0 Å². The number of carboxylic acid groups (broad SMARTS) is 1. The van der Waals surface area contributed by atoms with Gasteiger partial charge in [0, 0.05) is 12.3 Å². The molecule has 0 fully saturated rings. The van der Waals surface area contributed by atoms with Crippen molar-refractivity contribution in [3.8, 4) is 11.1 Å². The van der Waals surface area contributed by atoms with E-state index in [4.69, 9.17) is 16.3 Å². The van der Waals surface area contributed by atoms with Crippen LogP contribution < -0.4 is 5.32 Å². The Morgan fingerprint density at radius 3 is 2.12 bits per heavy atom. The summed E-state index contributed by atoms with van der Waals surface area (Å²) in [7, 11) is 0. The van der Waals surface area contributed by atoms with Gasteiger partial charge in [-0.05, 0) is 39.9 Å². The van der Waals surface area contributed by atoms with Gasteiger partial charge < -0.3 is 15.2 Å². The van der Waals surface area contributed by atoms with Gasteiger partial charge in [0.05, 0.1) is 10.6 Å². The van der Waals surface area contributed by atoms with Gasteiger partial charge >= 0.3 is 18.2 Å². The van der Waals surface area contributed by atoms with E-state index in [0.717, 1.165) is 40.5 Å². The van der Waals surface area contributed by atoms with Crippen LogP contribution in [0.2, 0.25) is 5.02 Å². The molecule has 0 unspecified atom stereocenters. The second-order valence-corrected chi connectivity index (χ2v) is 8.28. The van der Waals surface area contributed by atoms with E-state index in [9.17, 15) is 27.9 Å². The van der Waals surface area contributed by atoms with E-state index in [1.807, 2.05) is 48.5 Å². The van der Waals surface area contributed by atoms with Gasteiger partial charge in [-0.1, -0.05) is 66.2 Å². The molecule has 5 nitrogen and oxygen atoms in total. The standard InChI is InChI=1S/C25H19ClF3NO4/c26-21-11-14(9-10-20(21)25(27,28)29)12-22(23(31)32)30-24(33)34-13-19-17-7-3-1-5-15(17)16-6-2-4-8-18(16)19/h1-11,19,22H,12-13H2,(H,30,33)(H,31,32)/t22-/m0/s1. The minimum absolute atomic E-state index is 0.00168. The van der Waals surface area contributed by atoms with Crippen LogP contribution in [-0.2, 0) is 22.1 Å². The molecule has 0 spiro atoms. The molecule has 1 amide bonds. The number of aliphatic carboxylic acids is 1. The van der Waals surface area contributed by atoms with Gasteiger partial charge in [0.15, 0.2) is 0 Å². The van der Waals surface area contributed by atoms with Crippen molar-refractivity contribution in [3.63, 3.8) is 0 Å². The maximum Gasteiger partial charge on any atom is 0.417 e. The first kappa shape index (κ1) is 23.6. The van der Waals surface area contributed by atoms with Gasteiger partial charge in [0.1, 0.15) is 12.6 Å². The van der Waals surface area contributed by atoms with Gasteiger partial charge in [0.25, 0.3) is 0 Å². The number of ether oxygens (including phenoxy) is 1. The molecule has 3 aromatic carbocycles. The third-order valence-electron chi connectivity index (χ3n) is 5.71. The molecule has 3 aromatic rings. The second kappa shape index (κ2) is 9.38. The van der Waals surface area contributed by atoms with Gasteiger partial charge in [-0.2, -0.15) is 13.2 Å². The minimum Gasteiger partial charge on any atom is -0.480 e. The average molecular weight is 490 g/mol. The Balaban J connectivity index is 1.43. The van der Waals surface area contributed by atoms with Crippen molar-refractivity contribution in [3.05, 3.63) is 94.0 Å². The highest BCUT2D eigenvalue weighted by Crippen LogP contribution is 2.44. The molecule has 1 aliphatic rings. The minimum atomic E-state index is -4.62. The Morgan fingerprint density at radius 1 is 1.00 bits per heavy atom. The molecule has 0 saturated carbocycles. The highest BCUT2D eigenvalue weighted by Gasteiger charge is 2.33. The maximum atomic E-state index is 12.9. The molecule has 0 aliphatic heterocycles. The Hall–Kier alpha value is -3.52.